The van der Waals surface area contributed by atoms with Crippen LogP contribution in [-0.2, 0) is 6.54 Å². The Morgan fingerprint density at radius 3 is 2.53 bits per heavy atom. The maximum atomic E-state index is 5.81. The Balaban J connectivity index is 2.07. The standard InChI is InChI=1S/C14H19N5/c1-3-13-8-9-14(17-19(13)16)18(2)10-11-4-6-12(15)7-5-11/h3-9H,10,15-16H2,1-2H3/b13-3+. The van der Waals surface area contributed by atoms with Gasteiger partial charge < -0.3 is 10.6 Å². The van der Waals surface area contributed by atoms with E-state index >= 15 is 0 Å². The van der Waals surface area contributed by atoms with Gasteiger partial charge in [-0.15, -0.1) is 5.10 Å². The second kappa shape index (κ2) is 5.58. The van der Waals surface area contributed by atoms with Crippen molar-refractivity contribution in [3.05, 3.63) is 53.8 Å². The summed E-state index contributed by atoms with van der Waals surface area (Å²) in [5.41, 5.74) is 8.50. The monoisotopic (exact) mass is 257 g/mol. The molecule has 0 saturated heterocycles. The van der Waals surface area contributed by atoms with E-state index in [1.807, 2.05) is 61.4 Å². The molecule has 19 heavy (non-hydrogen) atoms. The molecule has 0 spiro atoms. The molecule has 1 aromatic rings. The minimum atomic E-state index is 0.752. The van der Waals surface area contributed by atoms with Crippen molar-refractivity contribution < 1.29 is 0 Å². The lowest BCUT2D eigenvalue weighted by molar-refractivity contribution is 0.372. The molecule has 0 fully saturated rings. The Bertz CT molecular complexity index is 527. The highest BCUT2D eigenvalue weighted by Crippen LogP contribution is 2.12. The van der Waals surface area contributed by atoms with Gasteiger partial charge in [-0.25, -0.2) is 5.84 Å². The molecule has 1 heterocycles. The number of amidine groups is 1. The quantitative estimate of drug-likeness (QED) is 0.624. The average molecular weight is 257 g/mol. The van der Waals surface area contributed by atoms with Crippen LogP contribution in [0, 0.1) is 0 Å². The highest BCUT2D eigenvalue weighted by molar-refractivity contribution is 5.93. The fourth-order valence-electron chi connectivity index (χ4n) is 1.85. The van der Waals surface area contributed by atoms with Crippen LogP contribution in [0.3, 0.4) is 0 Å². The Morgan fingerprint density at radius 2 is 1.95 bits per heavy atom. The summed E-state index contributed by atoms with van der Waals surface area (Å²) >= 11 is 0. The molecule has 0 saturated carbocycles. The van der Waals surface area contributed by atoms with E-state index in [4.69, 9.17) is 11.6 Å². The number of hydrogen-bond donors (Lipinski definition) is 2. The lowest BCUT2D eigenvalue weighted by atomic mass is 10.2. The fourth-order valence-corrected chi connectivity index (χ4v) is 1.85. The number of nitrogen functional groups attached to an aromatic ring is 1. The van der Waals surface area contributed by atoms with Gasteiger partial charge in [-0.05, 0) is 36.8 Å². The lowest BCUT2D eigenvalue weighted by Crippen LogP contribution is -2.34. The summed E-state index contributed by atoms with van der Waals surface area (Å²) < 4.78 is 0. The van der Waals surface area contributed by atoms with E-state index in [1.54, 1.807) is 0 Å². The molecule has 5 nitrogen and oxygen atoms in total. The minimum Gasteiger partial charge on any atom is -0.399 e. The van der Waals surface area contributed by atoms with E-state index in [9.17, 15) is 0 Å². The zero-order valence-electron chi connectivity index (χ0n) is 11.2. The van der Waals surface area contributed by atoms with Gasteiger partial charge in [0.2, 0.25) is 0 Å². The maximum Gasteiger partial charge on any atom is 0.150 e. The Labute approximate surface area is 113 Å². The van der Waals surface area contributed by atoms with Crippen LogP contribution < -0.4 is 11.6 Å². The second-order valence-corrected chi connectivity index (χ2v) is 4.45. The zero-order valence-corrected chi connectivity index (χ0v) is 11.2. The Hall–Kier alpha value is -2.27. The SMILES string of the molecule is C/C=C1\C=CC(N(C)Cc2ccc(N)cc2)=NN1N. The first-order valence-corrected chi connectivity index (χ1v) is 6.13. The van der Waals surface area contributed by atoms with Gasteiger partial charge in [0.25, 0.3) is 0 Å². The van der Waals surface area contributed by atoms with Crippen LogP contribution in [0.4, 0.5) is 5.69 Å². The number of anilines is 1. The van der Waals surface area contributed by atoms with Gasteiger partial charge in [-0.1, -0.05) is 18.2 Å². The first kappa shape index (κ1) is 13.2. The maximum absolute atomic E-state index is 5.81. The summed E-state index contributed by atoms with van der Waals surface area (Å²) in [4.78, 5) is 2.04. The molecule has 0 atom stereocenters. The molecule has 1 aliphatic rings. The number of nitrogens with two attached hydrogens (primary N) is 2. The number of nitrogens with zero attached hydrogens (tertiary/aromatic N) is 3. The van der Waals surface area contributed by atoms with Crippen LogP contribution in [0.5, 0.6) is 0 Å². The highest BCUT2D eigenvalue weighted by Gasteiger charge is 2.11. The molecule has 5 heteroatoms. The largest absolute Gasteiger partial charge is 0.399 e. The number of rotatable bonds is 2. The lowest BCUT2D eigenvalue weighted by Gasteiger charge is -2.25. The summed E-state index contributed by atoms with van der Waals surface area (Å²) in [6.07, 6.45) is 5.81. The van der Waals surface area contributed by atoms with Crippen LogP contribution in [0.15, 0.2) is 53.3 Å². The number of hydrazone groups is 1. The molecule has 1 aliphatic heterocycles. The number of likely N-dealkylation sites (N-methyl/N-ethyl adjacent to an activating group) is 1. The van der Waals surface area contributed by atoms with Crippen molar-refractivity contribution in [1.82, 2.24) is 10.0 Å². The van der Waals surface area contributed by atoms with Crippen molar-refractivity contribution >= 4 is 11.5 Å². The predicted molar refractivity (Wildman–Crippen MR) is 78.7 cm³/mol. The van der Waals surface area contributed by atoms with Gasteiger partial charge in [0.05, 0.1) is 5.70 Å². The van der Waals surface area contributed by atoms with Gasteiger partial charge in [0.1, 0.15) is 0 Å². The molecule has 0 unspecified atom stereocenters. The Morgan fingerprint density at radius 1 is 1.26 bits per heavy atom. The van der Waals surface area contributed by atoms with Gasteiger partial charge in [-0.3, -0.25) is 0 Å². The summed E-state index contributed by atoms with van der Waals surface area (Å²) in [6, 6.07) is 7.82. The predicted octanol–water partition coefficient (Wildman–Crippen LogP) is 1.66. The van der Waals surface area contributed by atoms with Crippen molar-refractivity contribution in [2.75, 3.05) is 12.8 Å². The van der Waals surface area contributed by atoms with Crippen LogP contribution >= 0.6 is 0 Å². The number of hydrogen-bond acceptors (Lipinski definition) is 5. The topological polar surface area (TPSA) is 70.9 Å². The normalized spacial score (nSPS) is 16.7. The Kier molecular flexibility index (Phi) is 3.87. The smallest absolute Gasteiger partial charge is 0.150 e. The first-order chi connectivity index (χ1) is 9.10. The highest BCUT2D eigenvalue weighted by atomic mass is 15.6. The summed E-state index contributed by atoms with van der Waals surface area (Å²) in [5.74, 6) is 6.64. The third-order valence-electron chi connectivity index (χ3n) is 2.96. The van der Waals surface area contributed by atoms with Gasteiger partial charge >= 0.3 is 0 Å². The molecule has 0 aromatic heterocycles. The van der Waals surface area contributed by atoms with Gasteiger partial charge in [0, 0.05) is 19.3 Å². The molecule has 1 aromatic carbocycles. The minimum absolute atomic E-state index is 0.752. The third-order valence-corrected chi connectivity index (χ3v) is 2.96. The first-order valence-electron chi connectivity index (χ1n) is 6.13. The molecular weight excluding hydrogens is 238 g/mol. The molecule has 100 valence electrons. The van der Waals surface area contributed by atoms with E-state index in [1.165, 1.54) is 10.7 Å². The number of benzene rings is 1. The van der Waals surface area contributed by atoms with E-state index in [2.05, 4.69) is 5.10 Å². The van der Waals surface area contributed by atoms with Crippen LogP contribution in [-0.4, -0.2) is 22.9 Å². The molecule has 0 amide bonds. The van der Waals surface area contributed by atoms with Crippen LogP contribution in [0.1, 0.15) is 12.5 Å². The van der Waals surface area contributed by atoms with Crippen molar-refractivity contribution in [2.45, 2.75) is 13.5 Å². The molecule has 2 rings (SSSR count). The third kappa shape index (κ3) is 3.14. The molecule has 0 radical (unpaired) electrons. The summed E-state index contributed by atoms with van der Waals surface area (Å²) in [6.45, 7) is 2.68. The summed E-state index contributed by atoms with van der Waals surface area (Å²) in [5, 5.41) is 5.71. The van der Waals surface area contributed by atoms with E-state index in [0.717, 1.165) is 23.8 Å². The molecule has 4 N–H and O–H groups in total. The van der Waals surface area contributed by atoms with Gasteiger partial charge in [-0.2, -0.15) is 5.12 Å². The van der Waals surface area contributed by atoms with Crippen LogP contribution in [0.2, 0.25) is 0 Å². The molecule has 0 bridgehead atoms. The molecule has 0 aliphatic carbocycles. The van der Waals surface area contributed by atoms with E-state index < -0.39 is 0 Å². The van der Waals surface area contributed by atoms with Crippen molar-refractivity contribution in [3.8, 4) is 0 Å². The van der Waals surface area contributed by atoms with E-state index in [0.29, 0.717) is 0 Å². The zero-order chi connectivity index (χ0) is 13.8. The number of allylic oxidation sites excluding steroid dienone is 2. The van der Waals surface area contributed by atoms with Crippen LogP contribution in [0.25, 0.3) is 0 Å². The fraction of sp³-hybridized carbons (Fsp3) is 0.214. The molecular formula is C14H19N5. The van der Waals surface area contributed by atoms with Gasteiger partial charge in [0.15, 0.2) is 5.84 Å². The number of hydrazine groups is 1. The van der Waals surface area contributed by atoms with Crippen molar-refractivity contribution in [3.63, 3.8) is 0 Å². The van der Waals surface area contributed by atoms with Crippen molar-refractivity contribution in [2.24, 2.45) is 10.9 Å². The average Bonchev–Trinajstić information content (AvgIpc) is 2.41. The summed E-state index contributed by atoms with van der Waals surface area (Å²) in [7, 11) is 1.98. The second-order valence-electron chi connectivity index (χ2n) is 4.45. The van der Waals surface area contributed by atoms with Crippen molar-refractivity contribution in [1.29, 1.82) is 0 Å². The van der Waals surface area contributed by atoms with E-state index in [-0.39, 0.29) is 0 Å².